The van der Waals surface area contributed by atoms with Gasteiger partial charge in [0, 0.05) is 77.9 Å². The Labute approximate surface area is 301 Å². The molecule has 5 atom stereocenters. The van der Waals surface area contributed by atoms with E-state index in [2.05, 4.69) is 90.2 Å². The molecule has 0 bridgehead atoms. The highest BCUT2D eigenvalue weighted by atomic mass is 32.2. The number of piperidine rings is 1. The molecule has 3 aromatic rings. The SMILES string of the molecule is CCC(CC(CC(CC(C)n1ccc(CC(=O)NC2CC(C)(C)N(C)C(C)(C)C2)c1)c1ccc(S(=O)[O-])cc1)N1CCCC1=O)n1ccnc1. The number of nitrogens with one attached hydrogen (secondary N) is 1. The van der Waals surface area contributed by atoms with Gasteiger partial charge in [-0.2, -0.15) is 0 Å². The van der Waals surface area contributed by atoms with Gasteiger partial charge in [-0.25, -0.2) is 4.98 Å². The second kappa shape index (κ2) is 15.9. The van der Waals surface area contributed by atoms with Crippen molar-refractivity contribution in [2.24, 2.45) is 0 Å². The maximum Gasteiger partial charge on any atom is 0.224 e. The molecular weight excluding hydrogens is 649 g/mol. The number of carbonyl (C=O) groups excluding carboxylic acids is 2. The van der Waals surface area contributed by atoms with Crippen LogP contribution < -0.4 is 5.32 Å². The molecule has 1 aromatic carbocycles. The molecule has 5 rings (SSSR count). The van der Waals surface area contributed by atoms with Gasteiger partial charge in [0.15, 0.2) is 0 Å². The van der Waals surface area contributed by atoms with Crippen LogP contribution in [0.3, 0.4) is 0 Å². The number of nitrogens with zero attached hydrogens (tertiary/aromatic N) is 5. The van der Waals surface area contributed by atoms with Crippen molar-refractivity contribution in [1.29, 1.82) is 0 Å². The van der Waals surface area contributed by atoms with Crippen LogP contribution in [0.5, 0.6) is 0 Å². The third-order valence-corrected chi connectivity index (χ3v) is 12.2. The maximum absolute atomic E-state index is 13.3. The molecule has 0 spiro atoms. The van der Waals surface area contributed by atoms with E-state index in [0.29, 0.717) is 12.8 Å². The van der Waals surface area contributed by atoms with Gasteiger partial charge in [0.1, 0.15) is 0 Å². The lowest BCUT2D eigenvalue weighted by molar-refractivity contribution is -0.130. The summed E-state index contributed by atoms with van der Waals surface area (Å²) in [5.74, 6) is 0.329. The van der Waals surface area contributed by atoms with Crippen molar-refractivity contribution >= 4 is 22.9 Å². The quantitative estimate of drug-likeness (QED) is 0.183. The summed E-state index contributed by atoms with van der Waals surface area (Å²) in [5, 5.41) is 3.33. The van der Waals surface area contributed by atoms with E-state index in [4.69, 9.17) is 0 Å². The van der Waals surface area contributed by atoms with Crippen molar-refractivity contribution in [3.8, 4) is 0 Å². The fourth-order valence-electron chi connectivity index (χ4n) is 8.56. The van der Waals surface area contributed by atoms with Crippen molar-refractivity contribution in [3.05, 3.63) is 72.6 Å². The molecule has 2 aromatic heterocycles. The normalized spacial score (nSPS) is 21.1. The van der Waals surface area contributed by atoms with Crippen LogP contribution in [0.4, 0.5) is 0 Å². The summed E-state index contributed by atoms with van der Waals surface area (Å²) in [4.78, 5) is 35.4. The average molecular weight is 706 g/mol. The van der Waals surface area contributed by atoms with Crippen LogP contribution in [-0.4, -0.2) is 81.2 Å². The Morgan fingerprint density at radius 1 is 1.02 bits per heavy atom. The van der Waals surface area contributed by atoms with E-state index >= 15 is 0 Å². The van der Waals surface area contributed by atoms with E-state index < -0.39 is 11.1 Å². The topological polar surface area (TPSA) is 116 Å². The summed E-state index contributed by atoms with van der Waals surface area (Å²) in [7, 11) is 2.17. The number of rotatable bonds is 15. The molecule has 10 nitrogen and oxygen atoms in total. The first-order valence-electron chi connectivity index (χ1n) is 18.3. The Morgan fingerprint density at radius 3 is 2.30 bits per heavy atom. The Balaban J connectivity index is 1.32. The van der Waals surface area contributed by atoms with Crippen molar-refractivity contribution in [2.75, 3.05) is 13.6 Å². The molecular formula is C39H57N6O4S-. The van der Waals surface area contributed by atoms with Crippen LogP contribution in [0.15, 0.2) is 66.3 Å². The summed E-state index contributed by atoms with van der Waals surface area (Å²) in [6.07, 6.45) is 16.7. The highest BCUT2D eigenvalue weighted by Gasteiger charge is 2.43. The number of aromatic nitrogens is 3. The zero-order valence-corrected chi connectivity index (χ0v) is 31.8. The highest BCUT2D eigenvalue weighted by Crippen LogP contribution is 2.38. The van der Waals surface area contributed by atoms with E-state index in [9.17, 15) is 18.4 Å². The number of benzene rings is 1. The number of hydrogen-bond donors (Lipinski definition) is 1. The lowest BCUT2D eigenvalue weighted by Crippen LogP contribution is -2.62. The number of hydrogen-bond acceptors (Lipinski definition) is 6. The van der Waals surface area contributed by atoms with Gasteiger partial charge < -0.3 is 23.9 Å². The number of amides is 2. The number of likely N-dealkylation sites (tertiary alicyclic amines) is 2. The number of imidazole rings is 1. The first-order chi connectivity index (χ1) is 23.7. The monoisotopic (exact) mass is 705 g/mol. The number of carbonyl (C=O) groups is 2. The molecule has 2 aliphatic heterocycles. The van der Waals surface area contributed by atoms with Crippen LogP contribution in [0.2, 0.25) is 0 Å². The Morgan fingerprint density at radius 2 is 1.72 bits per heavy atom. The van der Waals surface area contributed by atoms with Crippen LogP contribution in [0, 0.1) is 0 Å². The average Bonchev–Trinajstić information content (AvgIpc) is 3.84. The zero-order chi connectivity index (χ0) is 36.2. The second-order valence-corrected chi connectivity index (χ2v) is 16.9. The van der Waals surface area contributed by atoms with Crippen LogP contribution in [-0.2, 0) is 27.1 Å². The first kappa shape index (κ1) is 38.0. The summed E-state index contributed by atoms with van der Waals surface area (Å²) in [6.45, 7) is 14.1. The molecule has 4 heterocycles. The fourth-order valence-corrected chi connectivity index (χ4v) is 8.92. The smallest absolute Gasteiger partial charge is 0.224 e. The molecule has 0 aliphatic carbocycles. The first-order valence-corrected chi connectivity index (χ1v) is 19.4. The largest absolute Gasteiger partial charge is 0.768 e. The fraction of sp³-hybridized carbons (Fsp3) is 0.615. The maximum atomic E-state index is 13.3. The van der Waals surface area contributed by atoms with Crippen LogP contribution in [0.25, 0.3) is 0 Å². The van der Waals surface area contributed by atoms with Crippen molar-refractivity contribution in [3.63, 3.8) is 0 Å². The van der Waals surface area contributed by atoms with E-state index in [0.717, 1.165) is 62.6 Å². The van der Waals surface area contributed by atoms with Gasteiger partial charge >= 0.3 is 0 Å². The van der Waals surface area contributed by atoms with Gasteiger partial charge in [-0.1, -0.05) is 19.1 Å². The molecule has 2 saturated heterocycles. The van der Waals surface area contributed by atoms with Crippen molar-refractivity contribution in [2.45, 2.75) is 145 Å². The Bertz CT molecular complexity index is 1580. The van der Waals surface area contributed by atoms with Crippen molar-refractivity contribution < 1.29 is 18.4 Å². The minimum Gasteiger partial charge on any atom is -0.768 e. The lowest BCUT2D eigenvalue weighted by atomic mass is 9.77. The Kier molecular flexibility index (Phi) is 12.1. The van der Waals surface area contributed by atoms with Gasteiger partial charge in [-0.3, -0.25) is 18.7 Å². The molecule has 0 radical (unpaired) electrons. The molecule has 274 valence electrons. The summed E-state index contributed by atoms with van der Waals surface area (Å²) in [5.41, 5.74) is 2.04. The second-order valence-electron chi connectivity index (χ2n) is 16.0. The molecule has 50 heavy (non-hydrogen) atoms. The molecule has 2 amide bonds. The highest BCUT2D eigenvalue weighted by molar-refractivity contribution is 7.79. The third-order valence-electron chi connectivity index (χ3n) is 11.6. The molecule has 5 unspecified atom stereocenters. The molecule has 11 heteroatoms. The summed E-state index contributed by atoms with van der Waals surface area (Å²) < 4.78 is 27.7. The minimum atomic E-state index is -2.30. The predicted molar refractivity (Wildman–Crippen MR) is 196 cm³/mol. The van der Waals surface area contributed by atoms with Gasteiger partial charge in [0.05, 0.1) is 12.7 Å². The van der Waals surface area contributed by atoms with Gasteiger partial charge in [0.25, 0.3) is 0 Å². The predicted octanol–water partition coefficient (Wildman–Crippen LogP) is 6.39. The van der Waals surface area contributed by atoms with Crippen LogP contribution >= 0.6 is 0 Å². The van der Waals surface area contributed by atoms with Gasteiger partial charge in [-0.15, -0.1) is 0 Å². The van der Waals surface area contributed by atoms with E-state index in [1.54, 1.807) is 18.3 Å². The van der Waals surface area contributed by atoms with Crippen LogP contribution in [0.1, 0.15) is 122 Å². The minimum absolute atomic E-state index is 0.000607. The zero-order valence-electron chi connectivity index (χ0n) is 31.0. The summed E-state index contributed by atoms with van der Waals surface area (Å²) in [6, 6.07) is 9.71. The molecule has 1 N–H and O–H groups in total. The lowest BCUT2D eigenvalue weighted by Gasteiger charge is -2.53. The molecule has 2 aliphatic rings. The summed E-state index contributed by atoms with van der Waals surface area (Å²) >= 11 is -2.30. The molecule has 2 fully saturated rings. The molecule has 0 saturated carbocycles. The van der Waals surface area contributed by atoms with Gasteiger partial charge in [0.2, 0.25) is 11.8 Å². The van der Waals surface area contributed by atoms with Crippen molar-refractivity contribution in [1.82, 2.24) is 29.2 Å². The standard InChI is InChI=1S/C39H58N6O4S/c1-8-33(44-19-16-40-27-44)23-34(45-17-9-10-37(45)47)22-31(30-11-13-35(14-12-30)50(48)49)20-28(2)43-18-15-29(26-43)21-36(46)41-32-24-38(3,4)42(7)39(5,6)25-32/h11-16,18-19,26-28,31-34H,8-10,17,20-25H2,1-7H3,(H,41,46)(H,48,49)/p-1. The van der Waals surface area contributed by atoms with Gasteiger partial charge in [-0.05, 0) is 133 Å². The third kappa shape index (κ3) is 9.14. The Hall–Kier alpha value is -3.28. The van der Waals surface area contributed by atoms with E-state index in [-0.39, 0.29) is 57.9 Å². The van der Waals surface area contributed by atoms with E-state index in [1.165, 1.54) is 0 Å². The van der Waals surface area contributed by atoms with E-state index in [1.807, 2.05) is 30.7 Å².